The third kappa shape index (κ3) is 14.7. The van der Waals surface area contributed by atoms with E-state index >= 15 is 0 Å². The van der Waals surface area contributed by atoms with Gasteiger partial charge in [-0.2, -0.15) is 0 Å². The second-order valence-corrected chi connectivity index (χ2v) is 16.3. The van der Waals surface area contributed by atoms with E-state index in [4.69, 9.17) is 18.9 Å². The van der Waals surface area contributed by atoms with Crippen LogP contribution in [-0.4, -0.2) is 113 Å². The van der Waals surface area contributed by atoms with Gasteiger partial charge in [-0.25, -0.2) is 9.59 Å². The van der Waals surface area contributed by atoms with Gasteiger partial charge in [-0.1, -0.05) is 54.4 Å². The van der Waals surface area contributed by atoms with E-state index in [1.807, 2.05) is 28.2 Å². The minimum absolute atomic E-state index is 0.0386. The number of nitrogens with zero attached hydrogens (tertiary/aromatic N) is 2. The monoisotopic (exact) mass is 654 g/mol. The van der Waals surface area contributed by atoms with Gasteiger partial charge in [0.25, 0.3) is 0 Å². The van der Waals surface area contributed by atoms with Gasteiger partial charge in [-0.15, -0.1) is 0 Å². The molecule has 2 rings (SSSR count). The van der Waals surface area contributed by atoms with Crippen LogP contribution >= 0.6 is 0 Å². The molecule has 0 aromatic carbocycles. The van der Waals surface area contributed by atoms with Crippen molar-refractivity contribution in [3.05, 3.63) is 0 Å². The number of carbonyl (C=O) groups is 4. The average molecular weight is 655 g/mol. The molecule has 0 bridgehead atoms. The predicted molar refractivity (Wildman–Crippen MR) is 177 cm³/mol. The molecule has 0 aromatic rings. The first-order chi connectivity index (χ1) is 21.4. The number of esters is 4. The molecule has 0 aromatic heterocycles. The lowest BCUT2D eigenvalue weighted by atomic mass is 9.75. The minimum atomic E-state index is -0.480. The zero-order chi connectivity index (χ0) is 34.7. The normalized spacial score (nSPS) is 25.7. The first-order valence-electron chi connectivity index (χ1n) is 17.7. The number of ether oxygens (including phenoxy) is 4. The van der Waals surface area contributed by atoms with Crippen molar-refractivity contribution in [1.29, 1.82) is 0 Å². The summed E-state index contributed by atoms with van der Waals surface area (Å²) in [6.07, 6.45) is 6.12. The Morgan fingerprint density at radius 2 is 0.935 bits per heavy atom. The topological polar surface area (TPSA) is 105 Å². The van der Waals surface area contributed by atoms with Crippen LogP contribution in [0.1, 0.15) is 92.9 Å². The summed E-state index contributed by atoms with van der Waals surface area (Å²) in [6.45, 7) is 14.8. The van der Waals surface area contributed by atoms with Crippen LogP contribution in [0.4, 0.5) is 0 Å². The molecule has 46 heavy (non-hydrogen) atoms. The number of hydrogen-bond acceptors (Lipinski definition) is 8. The smallest absolute Gasteiger partial charge is 0.362 e. The third-order valence-electron chi connectivity index (χ3n) is 10.1. The van der Waals surface area contributed by atoms with Gasteiger partial charge in [-0.05, 0) is 61.2 Å². The van der Waals surface area contributed by atoms with E-state index in [1.165, 1.54) is 12.8 Å². The summed E-state index contributed by atoms with van der Waals surface area (Å²) in [7, 11) is 7.64. The van der Waals surface area contributed by atoms with E-state index in [0.717, 1.165) is 25.7 Å². The van der Waals surface area contributed by atoms with Crippen LogP contribution < -0.4 is 0 Å². The first kappa shape index (κ1) is 40.0. The second kappa shape index (κ2) is 18.4. The van der Waals surface area contributed by atoms with E-state index in [1.54, 1.807) is 0 Å². The molecule has 0 aliphatic heterocycles. The lowest BCUT2D eigenvalue weighted by molar-refractivity contribution is -0.883. The van der Waals surface area contributed by atoms with Crippen LogP contribution in [0.25, 0.3) is 0 Å². The van der Waals surface area contributed by atoms with Crippen molar-refractivity contribution in [3.8, 4) is 0 Å². The lowest BCUT2D eigenvalue weighted by Gasteiger charge is -2.37. The Morgan fingerprint density at radius 3 is 1.26 bits per heavy atom. The number of hydrogen-bond donors (Lipinski definition) is 0. The van der Waals surface area contributed by atoms with Gasteiger partial charge in [0, 0.05) is 0 Å². The van der Waals surface area contributed by atoms with Crippen LogP contribution in [0.5, 0.6) is 0 Å². The maximum absolute atomic E-state index is 12.8. The summed E-state index contributed by atoms with van der Waals surface area (Å²) in [5.41, 5.74) is 0. The molecule has 0 unspecified atom stereocenters. The lowest BCUT2D eigenvalue weighted by Crippen LogP contribution is -2.48. The molecule has 0 spiro atoms. The summed E-state index contributed by atoms with van der Waals surface area (Å²) < 4.78 is 23.3. The molecular weight excluding hydrogens is 588 g/mol. The van der Waals surface area contributed by atoms with E-state index in [-0.39, 0.29) is 63.3 Å². The number of quaternary nitrogens is 2. The SMILES string of the molecule is CC(C)[C@H]1CC[C@H](C)C[C@@H]1OC(=O)C[N+](C)(C)CCOC(=O)CCC(=O)OCC[N+](C)(C)CC(=O)O[C@@H]1C[C@@H](C)CC[C@@H]1C(C)C. The van der Waals surface area contributed by atoms with Crippen molar-refractivity contribution in [1.82, 2.24) is 0 Å². The Labute approximate surface area is 279 Å². The van der Waals surface area contributed by atoms with Gasteiger partial charge in [0.2, 0.25) is 0 Å². The van der Waals surface area contributed by atoms with Crippen LogP contribution in [0.15, 0.2) is 0 Å². The highest BCUT2D eigenvalue weighted by atomic mass is 16.6. The second-order valence-electron chi connectivity index (χ2n) is 16.3. The highest BCUT2D eigenvalue weighted by molar-refractivity contribution is 5.77. The number of likely N-dealkylation sites (N-methyl/N-ethyl adjacent to an activating group) is 2. The zero-order valence-corrected chi connectivity index (χ0v) is 30.7. The molecule has 2 fully saturated rings. The van der Waals surface area contributed by atoms with Gasteiger partial charge in [-0.3, -0.25) is 9.59 Å². The largest absolute Gasteiger partial charge is 0.460 e. The molecular formula is C36H66N2O8+2. The molecule has 0 heterocycles. The molecule has 0 amide bonds. The molecule has 0 N–H and O–H groups in total. The van der Waals surface area contributed by atoms with Gasteiger partial charge in [0.05, 0.1) is 41.0 Å². The molecule has 0 saturated heterocycles. The maximum atomic E-state index is 12.8. The highest BCUT2D eigenvalue weighted by Crippen LogP contribution is 2.36. The predicted octanol–water partition coefficient (Wildman–Crippen LogP) is 5.01. The Bertz CT molecular complexity index is 916. The molecule has 0 radical (unpaired) electrons. The summed E-state index contributed by atoms with van der Waals surface area (Å²) in [5, 5.41) is 0. The summed E-state index contributed by atoms with van der Waals surface area (Å²) >= 11 is 0. The molecule has 10 nitrogen and oxygen atoms in total. The van der Waals surface area contributed by atoms with Gasteiger partial charge >= 0.3 is 23.9 Å². The Kier molecular flexibility index (Phi) is 16.0. The van der Waals surface area contributed by atoms with Gasteiger partial charge in [0.15, 0.2) is 13.1 Å². The summed E-state index contributed by atoms with van der Waals surface area (Å²) in [4.78, 5) is 50.1. The van der Waals surface area contributed by atoms with Crippen molar-refractivity contribution in [3.63, 3.8) is 0 Å². The van der Waals surface area contributed by atoms with Crippen LogP contribution in [0, 0.1) is 35.5 Å². The van der Waals surface area contributed by atoms with E-state index in [2.05, 4.69) is 41.5 Å². The molecule has 2 aliphatic carbocycles. The standard InChI is InChI=1S/C36H66N2O8/c1-25(2)29-13-11-27(5)21-31(29)45-35(41)23-37(7,8)17-19-43-33(39)15-16-34(40)44-20-18-38(9,10)24-36(42)46-32-22-28(6)12-14-30(32)26(3)4/h25-32H,11-24H2,1-10H3/q+2/t27-,28-,29+,30+,31-,32+/m0/s1. The highest BCUT2D eigenvalue weighted by Gasteiger charge is 2.36. The quantitative estimate of drug-likeness (QED) is 0.122. The molecule has 266 valence electrons. The molecule has 2 saturated carbocycles. The van der Waals surface area contributed by atoms with Gasteiger partial charge in [0.1, 0.15) is 38.5 Å². The van der Waals surface area contributed by atoms with Crippen molar-refractivity contribution < 1.29 is 47.1 Å². The fraction of sp³-hybridized carbons (Fsp3) is 0.889. The maximum Gasteiger partial charge on any atom is 0.362 e. The van der Waals surface area contributed by atoms with Crippen LogP contribution in [-0.2, 0) is 38.1 Å². The number of carbonyl (C=O) groups excluding carboxylic acids is 4. The molecule has 6 atom stereocenters. The average Bonchev–Trinajstić information content (AvgIpc) is 2.90. The Hall–Kier alpha value is -2.20. The summed E-state index contributed by atoms with van der Waals surface area (Å²) in [5.74, 6) is 1.44. The summed E-state index contributed by atoms with van der Waals surface area (Å²) in [6, 6.07) is 0. The van der Waals surface area contributed by atoms with Crippen molar-refractivity contribution in [2.75, 3.05) is 67.6 Å². The van der Waals surface area contributed by atoms with E-state index in [9.17, 15) is 19.2 Å². The number of rotatable bonds is 17. The van der Waals surface area contributed by atoms with Gasteiger partial charge < -0.3 is 27.9 Å². The first-order valence-corrected chi connectivity index (χ1v) is 17.7. The Morgan fingerprint density at radius 1 is 0.587 bits per heavy atom. The minimum Gasteiger partial charge on any atom is -0.460 e. The van der Waals surface area contributed by atoms with Crippen molar-refractivity contribution >= 4 is 23.9 Å². The van der Waals surface area contributed by atoms with Crippen molar-refractivity contribution in [2.45, 2.75) is 105 Å². The van der Waals surface area contributed by atoms with Crippen LogP contribution in [0.2, 0.25) is 0 Å². The van der Waals surface area contributed by atoms with E-state index in [0.29, 0.717) is 57.6 Å². The fourth-order valence-corrected chi connectivity index (χ4v) is 6.93. The third-order valence-corrected chi connectivity index (χ3v) is 10.1. The zero-order valence-electron chi connectivity index (χ0n) is 30.7. The molecule has 2 aliphatic rings. The Balaban J connectivity index is 1.63. The van der Waals surface area contributed by atoms with E-state index < -0.39 is 11.9 Å². The molecule has 10 heteroatoms. The van der Waals surface area contributed by atoms with Crippen molar-refractivity contribution in [2.24, 2.45) is 35.5 Å². The van der Waals surface area contributed by atoms with Crippen LogP contribution in [0.3, 0.4) is 0 Å². The fourth-order valence-electron chi connectivity index (χ4n) is 6.93.